The zero-order valence-corrected chi connectivity index (χ0v) is 19.1. The van der Waals surface area contributed by atoms with Gasteiger partial charge in [0.2, 0.25) is 0 Å². The van der Waals surface area contributed by atoms with Crippen LogP contribution in [0.2, 0.25) is 0 Å². The molecule has 0 aliphatic heterocycles. The first-order valence-electron chi connectivity index (χ1n) is 11.4. The first-order valence-corrected chi connectivity index (χ1v) is 11.4. The molecule has 3 aromatic carbocycles. The molecule has 166 valence electrons. The molecule has 0 fully saturated rings. The van der Waals surface area contributed by atoms with E-state index >= 15 is 0 Å². The van der Waals surface area contributed by atoms with Crippen LogP contribution in [0.5, 0.6) is 0 Å². The third-order valence-electron chi connectivity index (χ3n) is 6.46. The summed E-state index contributed by atoms with van der Waals surface area (Å²) in [6.45, 7) is 4.71. The monoisotopic (exact) mass is 445 g/mol. The van der Waals surface area contributed by atoms with Gasteiger partial charge >= 0.3 is 0 Å². The molecule has 0 unspecified atom stereocenters. The van der Waals surface area contributed by atoms with E-state index in [1.165, 1.54) is 11.1 Å². The lowest BCUT2D eigenvalue weighted by Gasteiger charge is -2.10. The van der Waals surface area contributed by atoms with E-state index in [1.807, 2.05) is 53.1 Å². The van der Waals surface area contributed by atoms with Crippen LogP contribution in [-0.2, 0) is 13.0 Å². The summed E-state index contributed by atoms with van der Waals surface area (Å²) in [4.78, 5) is 28.3. The quantitative estimate of drug-likeness (QED) is 0.377. The summed E-state index contributed by atoms with van der Waals surface area (Å²) in [7, 11) is 0. The van der Waals surface area contributed by atoms with Gasteiger partial charge in [-0.25, -0.2) is 15.0 Å². The van der Waals surface area contributed by atoms with E-state index in [0.29, 0.717) is 28.7 Å². The Bertz CT molecular complexity index is 1750. The van der Waals surface area contributed by atoms with Crippen LogP contribution in [0.3, 0.4) is 0 Å². The van der Waals surface area contributed by atoms with Crippen molar-refractivity contribution in [2.45, 2.75) is 26.8 Å². The van der Waals surface area contributed by atoms with Crippen molar-refractivity contribution in [1.82, 2.24) is 24.1 Å². The van der Waals surface area contributed by atoms with Crippen molar-refractivity contribution < 1.29 is 0 Å². The molecular formula is C28H23N5O. The van der Waals surface area contributed by atoms with E-state index in [-0.39, 0.29) is 5.56 Å². The second-order valence-corrected chi connectivity index (χ2v) is 8.67. The van der Waals surface area contributed by atoms with E-state index in [2.05, 4.69) is 38.1 Å². The number of hydrogen-bond acceptors (Lipinski definition) is 4. The van der Waals surface area contributed by atoms with Gasteiger partial charge in [-0.05, 0) is 61.2 Å². The Hall–Kier alpha value is -4.32. The second-order valence-electron chi connectivity index (χ2n) is 8.67. The molecule has 0 amide bonds. The number of aromatic nitrogens is 5. The van der Waals surface area contributed by atoms with E-state index in [9.17, 15) is 4.79 Å². The molecule has 3 aromatic heterocycles. The zero-order chi connectivity index (χ0) is 23.2. The van der Waals surface area contributed by atoms with Gasteiger partial charge in [0.15, 0.2) is 11.3 Å². The van der Waals surface area contributed by atoms with E-state index in [1.54, 1.807) is 10.9 Å². The minimum absolute atomic E-state index is 0.0990. The number of nitrogens with zero attached hydrogens (tertiary/aromatic N) is 5. The molecule has 6 nitrogen and oxygen atoms in total. The Morgan fingerprint density at radius 2 is 1.53 bits per heavy atom. The lowest BCUT2D eigenvalue weighted by atomic mass is 10.1. The zero-order valence-electron chi connectivity index (χ0n) is 19.1. The van der Waals surface area contributed by atoms with Gasteiger partial charge in [0.25, 0.3) is 5.56 Å². The van der Waals surface area contributed by atoms with Crippen LogP contribution in [0.1, 0.15) is 16.7 Å². The first-order chi connectivity index (χ1) is 16.6. The van der Waals surface area contributed by atoms with Crippen LogP contribution in [0, 0.1) is 13.8 Å². The predicted molar refractivity (Wildman–Crippen MR) is 136 cm³/mol. The number of benzene rings is 3. The highest BCUT2D eigenvalue weighted by molar-refractivity contribution is 6.05. The summed E-state index contributed by atoms with van der Waals surface area (Å²) in [5, 5.41) is 0.502. The van der Waals surface area contributed by atoms with Crippen molar-refractivity contribution in [3.05, 3.63) is 106 Å². The van der Waals surface area contributed by atoms with Crippen molar-refractivity contribution >= 4 is 33.2 Å². The summed E-state index contributed by atoms with van der Waals surface area (Å²) in [5.74, 6) is 0. The van der Waals surface area contributed by atoms with Gasteiger partial charge in [0, 0.05) is 12.2 Å². The van der Waals surface area contributed by atoms with Crippen LogP contribution in [0.4, 0.5) is 0 Å². The van der Waals surface area contributed by atoms with E-state index in [4.69, 9.17) is 15.0 Å². The van der Waals surface area contributed by atoms with Gasteiger partial charge in [-0.3, -0.25) is 13.9 Å². The van der Waals surface area contributed by atoms with Crippen molar-refractivity contribution in [1.29, 1.82) is 0 Å². The highest BCUT2D eigenvalue weighted by Crippen LogP contribution is 2.29. The Balaban J connectivity index is 1.62. The molecule has 6 aromatic rings. The molecule has 3 heterocycles. The summed E-state index contributed by atoms with van der Waals surface area (Å²) < 4.78 is 3.63. The Morgan fingerprint density at radius 1 is 0.794 bits per heavy atom. The third kappa shape index (κ3) is 3.27. The van der Waals surface area contributed by atoms with Crippen LogP contribution >= 0.6 is 0 Å². The summed E-state index contributed by atoms with van der Waals surface area (Å²) in [6.07, 6.45) is 2.39. The molecule has 0 bridgehead atoms. The maximum absolute atomic E-state index is 13.7. The number of rotatable bonds is 4. The third-order valence-corrected chi connectivity index (χ3v) is 6.46. The van der Waals surface area contributed by atoms with Gasteiger partial charge in [0.05, 0.1) is 17.4 Å². The fourth-order valence-corrected chi connectivity index (χ4v) is 4.43. The minimum atomic E-state index is -0.0990. The molecule has 0 aliphatic carbocycles. The summed E-state index contributed by atoms with van der Waals surface area (Å²) in [6, 6.07) is 24.1. The topological polar surface area (TPSA) is 65.6 Å². The Kier molecular flexibility index (Phi) is 4.73. The molecule has 0 atom stereocenters. The molecule has 0 N–H and O–H groups in total. The number of fused-ring (bicyclic) bond motifs is 4. The maximum atomic E-state index is 13.7. The van der Waals surface area contributed by atoms with E-state index < -0.39 is 0 Å². The average molecular weight is 446 g/mol. The second kappa shape index (κ2) is 7.92. The fourth-order valence-electron chi connectivity index (χ4n) is 4.43. The Labute approximate surface area is 196 Å². The van der Waals surface area contributed by atoms with Gasteiger partial charge < -0.3 is 0 Å². The van der Waals surface area contributed by atoms with Crippen LogP contribution in [-0.4, -0.2) is 24.1 Å². The fraction of sp³-hybridized carbons (Fsp3) is 0.143. The molecule has 34 heavy (non-hydrogen) atoms. The lowest BCUT2D eigenvalue weighted by molar-refractivity contribution is 0.662. The van der Waals surface area contributed by atoms with Crippen LogP contribution in [0.25, 0.3) is 38.9 Å². The summed E-state index contributed by atoms with van der Waals surface area (Å²) >= 11 is 0. The predicted octanol–water partition coefficient (Wildman–Crippen LogP) is 5.14. The molecule has 6 rings (SSSR count). The maximum Gasteiger partial charge on any atom is 0.265 e. The van der Waals surface area contributed by atoms with Crippen molar-refractivity contribution in [2.24, 2.45) is 0 Å². The van der Waals surface area contributed by atoms with E-state index in [0.717, 1.165) is 28.7 Å². The lowest BCUT2D eigenvalue weighted by Crippen LogP contribution is -2.21. The number of aryl methyl sites for hydroxylation is 4. The van der Waals surface area contributed by atoms with Crippen molar-refractivity contribution in [3.8, 4) is 5.69 Å². The van der Waals surface area contributed by atoms with Gasteiger partial charge in [-0.1, -0.05) is 48.5 Å². The largest absolute Gasteiger partial charge is 0.298 e. The molecule has 0 aliphatic rings. The van der Waals surface area contributed by atoms with Crippen LogP contribution in [0.15, 0.2) is 83.9 Å². The van der Waals surface area contributed by atoms with Gasteiger partial charge in [-0.2, -0.15) is 0 Å². The van der Waals surface area contributed by atoms with Gasteiger partial charge in [-0.15, -0.1) is 0 Å². The normalized spacial score (nSPS) is 11.6. The molecule has 0 saturated carbocycles. The number of para-hydroxylation sites is 2. The molecule has 0 spiro atoms. The Morgan fingerprint density at radius 3 is 2.29 bits per heavy atom. The molecule has 0 radical (unpaired) electrons. The van der Waals surface area contributed by atoms with Crippen molar-refractivity contribution in [3.63, 3.8) is 0 Å². The SMILES string of the molecule is Cc1ccc(-n2c3nc4ccccc4nc3c3c(=O)n(CCc4ccccc4)cnc32)cc1C. The summed E-state index contributed by atoms with van der Waals surface area (Å²) in [5.41, 5.74) is 7.71. The highest BCUT2D eigenvalue weighted by Gasteiger charge is 2.21. The minimum Gasteiger partial charge on any atom is -0.298 e. The number of hydrogen-bond donors (Lipinski definition) is 0. The molecule has 6 heteroatoms. The molecule has 0 saturated heterocycles. The van der Waals surface area contributed by atoms with Crippen molar-refractivity contribution in [2.75, 3.05) is 0 Å². The standard InChI is InChI=1S/C28H23N5O/c1-18-12-13-21(16-19(18)2)33-26-24(25-27(33)31-23-11-7-6-10-22(23)30-25)28(34)32(17-29-26)15-14-20-8-4-3-5-9-20/h3-13,16-17H,14-15H2,1-2H3. The molecular weight excluding hydrogens is 422 g/mol. The van der Waals surface area contributed by atoms with Gasteiger partial charge in [0.1, 0.15) is 10.9 Å². The average Bonchev–Trinajstić information content (AvgIpc) is 3.18. The van der Waals surface area contributed by atoms with Crippen LogP contribution < -0.4 is 5.56 Å². The smallest absolute Gasteiger partial charge is 0.265 e. The highest BCUT2D eigenvalue weighted by atomic mass is 16.1. The first kappa shape index (κ1) is 20.3.